The maximum Gasteiger partial charge on any atom is 0.144 e. The number of carbonyl (C=O) groups excluding carboxylic acids is 2. The topological polar surface area (TPSA) is 34.1 Å². The van der Waals surface area contributed by atoms with E-state index in [1.165, 1.54) is 0 Å². The third-order valence-corrected chi connectivity index (χ3v) is 5.27. The summed E-state index contributed by atoms with van der Waals surface area (Å²) in [7, 11) is 0. The van der Waals surface area contributed by atoms with Gasteiger partial charge in [0.25, 0.3) is 0 Å². The number of Topliss-reactive ketones (excluding diaryl/α,β-unsaturated/α-hetero) is 2. The largest absolute Gasteiger partial charge is 0.299 e. The van der Waals surface area contributed by atoms with E-state index in [0.29, 0.717) is 12.8 Å². The highest BCUT2D eigenvalue weighted by Crippen LogP contribution is 2.75. The average molecular weight is 216 g/mol. The van der Waals surface area contributed by atoms with Gasteiger partial charge in [-0.2, -0.15) is 0 Å². The standard InChI is InChI=1S/C14H16O2/c1-7-5-10(16)14(4)11(7)13(3)8(2)6-9(15)12(13)14/h11-12H,1-2,5-6H2,3-4H3. The lowest BCUT2D eigenvalue weighted by Gasteiger charge is -2.60. The Labute approximate surface area is 95.4 Å². The van der Waals surface area contributed by atoms with Crippen molar-refractivity contribution in [3.05, 3.63) is 24.3 Å². The molecule has 0 heterocycles. The minimum Gasteiger partial charge on any atom is -0.299 e. The number of carbonyl (C=O) groups is 2. The summed E-state index contributed by atoms with van der Waals surface area (Å²) in [5.74, 6) is 0.419. The smallest absolute Gasteiger partial charge is 0.144 e. The molecule has 3 aliphatic rings. The normalized spacial score (nSPS) is 50.4. The van der Waals surface area contributed by atoms with Gasteiger partial charge in [0.1, 0.15) is 11.6 Å². The van der Waals surface area contributed by atoms with Gasteiger partial charge < -0.3 is 0 Å². The van der Waals surface area contributed by atoms with Crippen LogP contribution in [0.2, 0.25) is 0 Å². The van der Waals surface area contributed by atoms with E-state index in [-0.39, 0.29) is 28.8 Å². The Bertz CT molecular complexity index is 417. The summed E-state index contributed by atoms with van der Waals surface area (Å²) < 4.78 is 0. The monoisotopic (exact) mass is 216 g/mol. The first kappa shape index (κ1) is 10.0. The Morgan fingerprint density at radius 2 is 1.69 bits per heavy atom. The van der Waals surface area contributed by atoms with Crippen LogP contribution in [-0.2, 0) is 9.59 Å². The lowest BCUT2D eigenvalue weighted by Crippen LogP contribution is -2.62. The summed E-state index contributed by atoms with van der Waals surface area (Å²) in [4.78, 5) is 24.1. The minimum absolute atomic E-state index is 0.135. The molecule has 2 nitrogen and oxygen atoms in total. The third-order valence-electron chi connectivity index (χ3n) is 5.27. The zero-order valence-electron chi connectivity index (χ0n) is 9.80. The molecule has 0 aromatic carbocycles. The van der Waals surface area contributed by atoms with E-state index in [4.69, 9.17) is 0 Å². The maximum absolute atomic E-state index is 12.1. The molecular weight excluding hydrogens is 200 g/mol. The lowest BCUT2D eigenvalue weighted by molar-refractivity contribution is -0.163. The third kappa shape index (κ3) is 0.694. The zero-order valence-corrected chi connectivity index (χ0v) is 9.80. The molecule has 0 aromatic heterocycles. The van der Waals surface area contributed by atoms with E-state index < -0.39 is 5.41 Å². The van der Waals surface area contributed by atoms with Crippen LogP contribution in [0.3, 0.4) is 0 Å². The Kier molecular flexibility index (Phi) is 1.50. The van der Waals surface area contributed by atoms with Crippen LogP contribution in [0.5, 0.6) is 0 Å². The van der Waals surface area contributed by atoms with Gasteiger partial charge in [0.2, 0.25) is 0 Å². The number of hydrogen-bond donors (Lipinski definition) is 0. The predicted octanol–water partition coefficient (Wildman–Crippen LogP) is 2.30. The van der Waals surface area contributed by atoms with Crippen LogP contribution >= 0.6 is 0 Å². The van der Waals surface area contributed by atoms with Crippen molar-refractivity contribution in [3.63, 3.8) is 0 Å². The number of ketones is 2. The summed E-state index contributed by atoms with van der Waals surface area (Å²) >= 11 is 0. The van der Waals surface area contributed by atoms with Crippen molar-refractivity contribution in [2.75, 3.05) is 0 Å². The SMILES string of the molecule is C=C1CC(=O)C2(C)C1C1(C)C(=C)CC(=O)C12. The van der Waals surface area contributed by atoms with Gasteiger partial charge in [-0.1, -0.05) is 38.2 Å². The second-order valence-electron chi connectivity index (χ2n) is 5.94. The highest BCUT2D eigenvalue weighted by atomic mass is 16.1. The van der Waals surface area contributed by atoms with Crippen molar-refractivity contribution in [1.29, 1.82) is 0 Å². The fraction of sp³-hybridized carbons (Fsp3) is 0.571. The second kappa shape index (κ2) is 2.39. The van der Waals surface area contributed by atoms with Crippen LogP contribution in [0.1, 0.15) is 26.7 Å². The van der Waals surface area contributed by atoms with E-state index in [2.05, 4.69) is 20.1 Å². The molecule has 3 saturated carbocycles. The first-order valence-electron chi connectivity index (χ1n) is 5.76. The molecule has 0 N–H and O–H groups in total. The molecule has 0 bridgehead atoms. The van der Waals surface area contributed by atoms with Crippen molar-refractivity contribution in [2.45, 2.75) is 26.7 Å². The molecule has 3 rings (SSSR count). The van der Waals surface area contributed by atoms with Gasteiger partial charge in [-0.05, 0) is 0 Å². The van der Waals surface area contributed by atoms with E-state index in [1.54, 1.807) is 0 Å². The van der Waals surface area contributed by atoms with Gasteiger partial charge >= 0.3 is 0 Å². The summed E-state index contributed by atoms with van der Waals surface area (Å²) in [6.07, 6.45) is 0.904. The highest BCUT2D eigenvalue weighted by Gasteiger charge is 2.77. The van der Waals surface area contributed by atoms with Crippen LogP contribution in [0.15, 0.2) is 24.3 Å². The maximum atomic E-state index is 12.1. The second-order valence-corrected chi connectivity index (χ2v) is 5.94. The lowest BCUT2D eigenvalue weighted by atomic mass is 9.41. The van der Waals surface area contributed by atoms with Crippen LogP contribution in [-0.4, -0.2) is 11.6 Å². The van der Waals surface area contributed by atoms with Gasteiger partial charge in [0, 0.05) is 35.5 Å². The summed E-state index contributed by atoms with van der Waals surface area (Å²) in [6.45, 7) is 12.1. The first-order valence-corrected chi connectivity index (χ1v) is 5.76. The van der Waals surface area contributed by atoms with E-state index in [1.807, 2.05) is 6.92 Å². The van der Waals surface area contributed by atoms with Gasteiger partial charge in [0.15, 0.2) is 0 Å². The van der Waals surface area contributed by atoms with Crippen LogP contribution in [0.4, 0.5) is 0 Å². The molecule has 84 valence electrons. The summed E-state index contributed by atoms with van der Waals surface area (Å²) in [5, 5.41) is 0. The predicted molar refractivity (Wildman–Crippen MR) is 60.7 cm³/mol. The highest BCUT2D eigenvalue weighted by molar-refractivity contribution is 6.03. The minimum atomic E-state index is -0.470. The van der Waals surface area contributed by atoms with Crippen molar-refractivity contribution >= 4 is 11.6 Å². The van der Waals surface area contributed by atoms with Crippen molar-refractivity contribution in [2.24, 2.45) is 22.7 Å². The van der Waals surface area contributed by atoms with Gasteiger partial charge in [-0.15, -0.1) is 0 Å². The molecule has 3 aliphatic carbocycles. The molecular formula is C14H16O2. The first-order chi connectivity index (χ1) is 7.34. The Balaban J connectivity index is 2.20. The Morgan fingerprint density at radius 1 is 1.06 bits per heavy atom. The quantitative estimate of drug-likeness (QED) is 0.582. The van der Waals surface area contributed by atoms with Gasteiger partial charge in [0.05, 0.1) is 0 Å². The number of allylic oxidation sites excluding steroid dienone is 2. The molecule has 0 amide bonds. The van der Waals surface area contributed by atoms with E-state index in [9.17, 15) is 9.59 Å². The average Bonchev–Trinajstić information content (AvgIpc) is 2.44. The molecule has 2 heteroatoms. The molecule has 0 saturated heterocycles. The van der Waals surface area contributed by atoms with Crippen LogP contribution in [0.25, 0.3) is 0 Å². The molecule has 0 aromatic rings. The fourth-order valence-electron chi connectivity index (χ4n) is 4.73. The molecule has 4 unspecified atom stereocenters. The van der Waals surface area contributed by atoms with Crippen molar-refractivity contribution < 1.29 is 9.59 Å². The van der Waals surface area contributed by atoms with Crippen molar-refractivity contribution in [3.8, 4) is 0 Å². The van der Waals surface area contributed by atoms with E-state index in [0.717, 1.165) is 11.1 Å². The molecule has 0 spiro atoms. The molecule has 0 radical (unpaired) electrons. The molecule has 4 atom stereocenters. The van der Waals surface area contributed by atoms with Crippen molar-refractivity contribution in [1.82, 2.24) is 0 Å². The van der Waals surface area contributed by atoms with Gasteiger partial charge in [-0.25, -0.2) is 0 Å². The summed E-state index contributed by atoms with van der Waals surface area (Å²) in [6, 6.07) is 0. The number of fused-ring (bicyclic) bond motifs is 4. The fourth-order valence-corrected chi connectivity index (χ4v) is 4.73. The molecule has 3 fully saturated rings. The molecule has 16 heavy (non-hydrogen) atoms. The molecule has 0 aliphatic heterocycles. The van der Waals surface area contributed by atoms with E-state index >= 15 is 0 Å². The van der Waals surface area contributed by atoms with Crippen LogP contribution < -0.4 is 0 Å². The Hall–Kier alpha value is -1.18. The van der Waals surface area contributed by atoms with Crippen LogP contribution in [0, 0.1) is 22.7 Å². The summed E-state index contributed by atoms with van der Waals surface area (Å²) in [5.41, 5.74) is 1.35. The van der Waals surface area contributed by atoms with Gasteiger partial charge in [-0.3, -0.25) is 9.59 Å². The zero-order chi connectivity index (χ0) is 11.9. The Morgan fingerprint density at radius 3 is 2.31 bits per heavy atom. The number of hydrogen-bond acceptors (Lipinski definition) is 2. The number of rotatable bonds is 0.